The second-order valence-corrected chi connectivity index (χ2v) is 2.58. The summed E-state index contributed by atoms with van der Waals surface area (Å²) in [5.74, 6) is -0.565. The van der Waals surface area contributed by atoms with Crippen molar-refractivity contribution in [2.24, 2.45) is 0 Å². The Balaban J connectivity index is 3.03. The second kappa shape index (κ2) is 3.69. The molecule has 0 bridgehead atoms. The van der Waals surface area contributed by atoms with Crippen molar-refractivity contribution < 1.29 is 14.4 Å². The van der Waals surface area contributed by atoms with Crippen molar-refractivity contribution in [3.63, 3.8) is 0 Å². The van der Waals surface area contributed by atoms with Crippen LogP contribution in [-0.4, -0.2) is 17.2 Å². The smallest absolute Gasteiger partial charge is 0.423 e. The summed E-state index contributed by atoms with van der Waals surface area (Å²) in [5, 5.41) is 17.4. The van der Waals surface area contributed by atoms with Crippen LogP contribution in [0.4, 0.5) is 4.39 Å². The fourth-order valence-corrected chi connectivity index (χ4v) is 1.000. The summed E-state index contributed by atoms with van der Waals surface area (Å²) < 4.78 is 13.0. The zero-order valence-corrected chi connectivity index (χ0v) is 6.79. The maximum absolute atomic E-state index is 13.0. The third-order valence-electron chi connectivity index (χ3n) is 1.75. The largest absolute Gasteiger partial charge is 0.491 e. The van der Waals surface area contributed by atoms with Gasteiger partial charge >= 0.3 is 7.12 Å². The Morgan fingerprint density at radius 3 is 2.50 bits per heavy atom. The fourth-order valence-electron chi connectivity index (χ4n) is 1.000. The summed E-state index contributed by atoms with van der Waals surface area (Å²) in [6, 6.07) is 4.38. The van der Waals surface area contributed by atoms with Gasteiger partial charge in [0, 0.05) is 5.46 Å². The molecule has 0 spiro atoms. The third kappa shape index (κ3) is 1.84. The molecule has 0 atom stereocenters. The number of hydrogen-bond acceptors (Lipinski definition) is 2. The molecule has 4 heteroatoms. The van der Waals surface area contributed by atoms with Crippen LogP contribution in [0.5, 0.6) is 0 Å². The number of halogens is 1. The van der Waals surface area contributed by atoms with Crippen molar-refractivity contribution in [2.45, 2.75) is 13.3 Å². The van der Waals surface area contributed by atoms with E-state index >= 15 is 0 Å². The van der Waals surface area contributed by atoms with Gasteiger partial charge in [0.05, 0.1) is 0 Å². The number of rotatable bonds is 2. The van der Waals surface area contributed by atoms with Crippen LogP contribution in [-0.2, 0) is 6.42 Å². The van der Waals surface area contributed by atoms with E-state index in [1.807, 2.05) is 6.92 Å². The Morgan fingerprint density at radius 1 is 1.42 bits per heavy atom. The SMILES string of the molecule is CCc1ccc(B(O)O)c(F)c1. The topological polar surface area (TPSA) is 40.5 Å². The molecule has 0 radical (unpaired) electrons. The van der Waals surface area contributed by atoms with Crippen molar-refractivity contribution in [3.05, 3.63) is 29.6 Å². The summed E-state index contributed by atoms with van der Waals surface area (Å²) in [4.78, 5) is 0. The molecule has 64 valence electrons. The third-order valence-corrected chi connectivity index (χ3v) is 1.75. The van der Waals surface area contributed by atoms with Gasteiger partial charge < -0.3 is 10.0 Å². The highest BCUT2D eigenvalue weighted by Crippen LogP contribution is 2.02. The molecule has 0 aliphatic heterocycles. The highest BCUT2D eigenvalue weighted by atomic mass is 19.1. The Bertz CT molecular complexity index is 276. The van der Waals surface area contributed by atoms with Gasteiger partial charge in [-0.1, -0.05) is 19.1 Å². The first-order valence-electron chi connectivity index (χ1n) is 3.79. The lowest BCUT2D eigenvalue weighted by Gasteiger charge is -2.02. The average molecular weight is 168 g/mol. The van der Waals surface area contributed by atoms with E-state index in [4.69, 9.17) is 10.0 Å². The Labute approximate surface area is 70.8 Å². The molecular weight excluding hydrogens is 158 g/mol. The predicted octanol–water partition coefficient (Wildman–Crippen LogP) is 0.0679. The maximum atomic E-state index is 13.0. The standard InChI is InChI=1S/C8H10BFO2/c1-2-6-3-4-7(9(11)12)8(10)5-6/h3-5,11-12H,2H2,1H3. The quantitative estimate of drug-likeness (QED) is 0.613. The van der Waals surface area contributed by atoms with Crippen LogP contribution in [0.15, 0.2) is 18.2 Å². The van der Waals surface area contributed by atoms with Gasteiger partial charge in [-0.25, -0.2) is 4.39 Å². The molecule has 0 aliphatic carbocycles. The van der Waals surface area contributed by atoms with E-state index in [1.165, 1.54) is 12.1 Å². The zero-order chi connectivity index (χ0) is 9.14. The molecule has 0 fully saturated rings. The second-order valence-electron chi connectivity index (χ2n) is 2.58. The van der Waals surface area contributed by atoms with E-state index in [-0.39, 0.29) is 5.46 Å². The lowest BCUT2D eigenvalue weighted by Crippen LogP contribution is -2.32. The van der Waals surface area contributed by atoms with E-state index in [0.29, 0.717) is 0 Å². The molecule has 2 nitrogen and oxygen atoms in total. The molecule has 0 saturated carbocycles. The van der Waals surface area contributed by atoms with E-state index < -0.39 is 12.9 Å². The van der Waals surface area contributed by atoms with Gasteiger partial charge in [0.15, 0.2) is 0 Å². The molecule has 0 amide bonds. The lowest BCUT2D eigenvalue weighted by atomic mass is 9.79. The van der Waals surface area contributed by atoms with E-state index in [2.05, 4.69) is 0 Å². The molecule has 0 heterocycles. The van der Waals surface area contributed by atoms with Crippen LogP contribution in [0.1, 0.15) is 12.5 Å². The van der Waals surface area contributed by atoms with Gasteiger partial charge in [-0.15, -0.1) is 0 Å². The predicted molar refractivity (Wildman–Crippen MR) is 45.6 cm³/mol. The van der Waals surface area contributed by atoms with Crippen molar-refractivity contribution in [3.8, 4) is 0 Å². The minimum absolute atomic E-state index is 0.0767. The molecule has 0 aromatic heterocycles. The van der Waals surface area contributed by atoms with Gasteiger partial charge in [-0.3, -0.25) is 0 Å². The molecule has 0 unspecified atom stereocenters. The Morgan fingerprint density at radius 2 is 2.08 bits per heavy atom. The summed E-state index contributed by atoms with van der Waals surface area (Å²) in [7, 11) is -1.73. The molecule has 1 aromatic rings. The monoisotopic (exact) mass is 168 g/mol. The van der Waals surface area contributed by atoms with Crippen molar-refractivity contribution in [1.82, 2.24) is 0 Å². The zero-order valence-electron chi connectivity index (χ0n) is 6.79. The first kappa shape index (κ1) is 9.22. The summed E-state index contributed by atoms with van der Waals surface area (Å²) in [6.45, 7) is 1.91. The van der Waals surface area contributed by atoms with E-state index in [1.54, 1.807) is 6.07 Å². The number of benzene rings is 1. The molecule has 1 rings (SSSR count). The first-order chi connectivity index (χ1) is 5.65. The van der Waals surface area contributed by atoms with Gasteiger partial charge in [0.2, 0.25) is 0 Å². The molecule has 0 saturated heterocycles. The van der Waals surface area contributed by atoms with Crippen molar-refractivity contribution in [2.75, 3.05) is 0 Å². The normalized spacial score (nSPS) is 10.0. The fraction of sp³-hybridized carbons (Fsp3) is 0.250. The van der Waals surface area contributed by atoms with Gasteiger partial charge in [-0.05, 0) is 18.1 Å². The maximum Gasteiger partial charge on any atom is 0.491 e. The Hall–Kier alpha value is -0.865. The van der Waals surface area contributed by atoms with Gasteiger partial charge in [0.25, 0.3) is 0 Å². The highest BCUT2D eigenvalue weighted by molar-refractivity contribution is 6.58. The molecule has 12 heavy (non-hydrogen) atoms. The van der Waals surface area contributed by atoms with Gasteiger partial charge in [-0.2, -0.15) is 0 Å². The van der Waals surface area contributed by atoms with Crippen LogP contribution >= 0.6 is 0 Å². The average Bonchev–Trinajstić information content (AvgIpc) is 2.03. The molecule has 0 aliphatic rings. The van der Waals surface area contributed by atoms with Crippen LogP contribution in [0.25, 0.3) is 0 Å². The minimum atomic E-state index is -1.73. The highest BCUT2D eigenvalue weighted by Gasteiger charge is 2.15. The van der Waals surface area contributed by atoms with E-state index in [9.17, 15) is 4.39 Å². The van der Waals surface area contributed by atoms with Crippen LogP contribution in [0.3, 0.4) is 0 Å². The van der Waals surface area contributed by atoms with E-state index in [0.717, 1.165) is 12.0 Å². The number of aryl methyl sites for hydroxylation is 1. The summed E-state index contributed by atoms with van der Waals surface area (Å²) in [5.41, 5.74) is 0.768. The van der Waals surface area contributed by atoms with Crippen LogP contribution < -0.4 is 5.46 Å². The molecule has 2 N–H and O–H groups in total. The summed E-state index contributed by atoms with van der Waals surface area (Å²) >= 11 is 0. The lowest BCUT2D eigenvalue weighted by molar-refractivity contribution is 0.423. The molecule has 1 aromatic carbocycles. The van der Waals surface area contributed by atoms with Crippen molar-refractivity contribution >= 4 is 12.6 Å². The Kier molecular flexibility index (Phi) is 2.84. The van der Waals surface area contributed by atoms with Gasteiger partial charge in [0.1, 0.15) is 5.82 Å². The van der Waals surface area contributed by atoms with Crippen LogP contribution in [0.2, 0.25) is 0 Å². The van der Waals surface area contributed by atoms with Crippen LogP contribution in [0, 0.1) is 5.82 Å². The van der Waals surface area contributed by atoms with Crippen molar-refractivity contribution in [1.29, 1.82) is 0 Å². The molecular formula is C8H10BFO2. The number of hydrogen-bond donors (Lipinski definition) is 2. The minimum Gasteiger partial charge on any atom is -0.423 e. The summed E-state index contributed by atoms with van der Waals surface area (Å²) in [6.07, 6.45) is 0.735. The first-order valence-corrected chi connectivity index (χ1v) is 3.79.